The molecule has 3 aromatic carbocycles. The number of esters is 1. The second-order valence-corrected chi connectivity index (χ2v) is 11.8. The number of ether oxygens (including phenoxy) is 2. The van der Waals surface area contributed by atoms with Crippen molar-refractivity contribution in [2.75, 3.05) is 33.9 Å². The minimum absolute atomic E-state index is 0.000256. The zero-order chi connectivity index (χ0) is 29.9. The Bertz CT molecular complexity index is 1500. The fourth-order valence-electron chi connectivity index (χ4n) is 6.67. The standard InChI is InChI=1S/C35H39N3O5/c1-42-27-10-6-9-25(19-27)28-12-11-26(21-36-33(39)31-20-30(31)23-7-4-3-5-8-23)32-22-38(18-15-29(28)32)35(41)37-16-13-24(14-17-37)34(40)43-2/h3-12,19,24,30-31H,13-18,20-22H2,1-2H3,(H,36,39). The largest absolute Gasteiger partial charge is 0.497 e. The molecular weight excluding hydrogens is 542 g/mol. The third-order valence-electron chi connectivity index (χ3n) is 9.27. The van der Waals surface area contributed by atoms with Gasteiger partial charge in [-0.1, -0.05) is 54.6 Å². The summed E-state index contributed by atoms with van der Waals surface area (Å²) in [5.74, 6) is 0.809. The molecule has 3 aromatic rings. The fourth-order valence-corrected chi connectivity index (χ4v) is 6.67. The number of rotatable bonds is 7. The smallest absolute Gasteiger partial charge is 0.320 e. The Labute approximate surface area is 253 Å². The predicted octanol–water partition coefficient (Wildman–Crippen LogP) is 5.15. The van der Waals surface area contributed by atoms with E-state index in [4.69, 9.17) is 9.47 Å². The highest BCUT2D eigenvalue weighted by molar-refractivity contribution is 5.83. The van der Waals surface area contributed by atoms with Crippen molar-refractivity contribution in [1.82, 2.24) is 15.1 Å². The average Bonchev–Trinajstić information content (AvgIpc) is 3.88. The van der Waals surface area contributed by atoms with Crippen molar-refractivity contribution in [1.29, 1.82) is 0 Å². The van der Waals surface area contributed by atoms with Crippen LogP contribution in [0.2, 0.25) is 0 Å². The van der Waals surface area contributed by atoms with Crippen molar-refractivity contribution in [2.45, 2.75) is 44.7 Å². The van der Waals surface area contributed by atoms with Gasteiger partial charge >= 0.3 is 12.0 Å². The molecule has 8 nitrogen and oxygen atoms in total. The molecule has 3 aliphatic rings. The number of fused-ring (bicyclic) bond motifs is 1. The first-order valence-corrected chi connectivity index (χ1v) is 15.2. The third-order valence-corrected chi connectivity index (χ3v) is 9.27. The maximum Gasteiger partial charge on any atom is 0.320 e. The minimum Gasteiger partial charge on any atom is -0.497 e. The summed E-state index contributed by atoms with van der Waals surface area (Å²) in [4.78, 5) is 42.5. The van der Waals surface area contributed by atoms with E-state index in [2.05, 4.69) is 35.6 Å². The number of hydrogen-bond acceptors (Lipinski definition) is 5. The lowest BCUT2D eigenvalue weighted by atomic mass is 9.87. The number of piperidine rings is 1. The Kier molecular flexibility index (Phi) is 8.36. The molecule has 2 fully saturated rings. The molecule has 0 aromatic heterocycles. The Hall–Kier alpha value is -4.33. The molecule has 3 amide bonds. The maximum absolute atomic E-state index is 13.6. The molecule has 2 heterocycles. The number of benzene rings is 3. The van der Waals surface area contributed by atoms with Crippen LogP contribution >= 0.6 is 0 Å². The van der Waals surface area contributed by atoms with E-state index >= 15 is 0 Å². The molecular formula is C35H39N3O5. The number of hydrogen-bond donors (Lipinski definition) is 1. The van der Waals surface area contributed by atoms with E-state index in [1.807, 2.05) is 46.2 Å². The van der Waals surface area contributed by atoms with Crippen molar-refractivity contribution in [3.63, 3.8) is 0 Å². The summed E-state index contributed by atoms with van der Waals surface area (Å²) in [6.07, 6.45) is 2.82. The van der Waals surface area contributed by atoms with Gasteiger partial charge in [0.05, 0.1) is 20.1 Å². The lowest BCUT2D eigenvalue weighted by Crippen LogP contribution is -2.49. The van der Waals surface area contributed by atoms with Gasteiger partial charge in [0.2, 0.25) is 5.91 Å². The topological polar surface area (TPSA) is 88.2 Å². The number of urea groups is 1. The molecule has 0 spiro atoms. The van der Waals surface area contributed by atoms with Gasteiger partial charge in [-0.3, -0.25) is 9.59 Å². The summed E-state index contributed by atoms with van der Waals surface area (Å²) in [5, 5.41) is 3.20. The molecule has 1 aliphatic carbocycles. The van der Waals surface area contributed by atoms with E-state index in [1.165, 1.54) is 18.2 Å². The first-order chi connectivity index (χ1) is 21.0. The highest BCUT2D eigenvalue weighted by Gasteiger charge is 2.43. The van der Waals surface area contributed by atoms with Gasteiger partial charge in [0.15, 0.2) is 0 Å². The molecule has 6 rings (SSSR count). The zero-order valence-electron chi connectivity index (χ0n) is 24.9. The van der Waals surface area contributed by atoms with Crippen LogP contribution in [0.15, 0.2) is 66.7 Å². The van der Waals surface area contributed by atoms with Crippen molar-refractivity contribution in [2.24, 2.45) is 11.8 Å². The van der Waals surface area contributed by atoms with Gasteiger partial charge in [-0.15, -0.1) is 0 Å². The molecule has 1 saturated heterocycles. The van der Waals surface area contributed by atoms with Crippen molar-refractivity contribution in [3.05, 3.63) is 89.0 Å². The Morgan fingerprint density at radius 2 is 1.67 bits per heavy atom. The van der Waals surface area contributed by atoms with Crippen molar-refractivity contribution in [3.8, 4) is 16.9 Å². The summed E-state index contributed by atoms with van der Waals surface area (Å²) in [6, 6.07) is 22.5. The Balaban J connectivity index is 1.21. The van der Waals surface area contributed by atoms with E-state index in [-0.39, 0.29) is 35.7 Å². The molecule has 43 heavy (non-hydrogen) atoms. The SMILES string of the molecule is COC(=O)C1CCN(C(=O)N2CCc3c(-c4cccc(OC)c4)ccc(CNC(=O)C4CC4c4ccccc4)c3C2)CC1. The van der Waals surface area contributed by atoms with Gasteiger partial charge in [0, 0.05) is 38.6 Å². The van der Waals surface area contributed by atoms with Crippen LogP contribution in [0.25, 0.3) is 11.1 Å². The second kappa shape index (κ2) is 12.5. The van der Waals surface area contributed by atoms with Gasteiger partial charge in [0.1, 0.15) is 5.75 Å². The molecule has 2 aliphatic heterocycles. The quantitative estimate of drug-likeness (QED) is 0.390. The van der Waals surface area contributed by atoms with Gasteiger partial charge < -0.3 is 24.6 Å². The number of nitrogens with zero attached hydrogens (tertiary/aromatic N) is 2. The zero-order valence-corrected chi connectivity index (χ0v) is 24.9. The number of amides is 3. The number of carbonyl (C=O) groups is 3. The lowest BCUT2D eigenvalue weighted by molar-refractivity contribution is -0.146. The van der Waals surface area contributed by atoms with Crippen LogP contribution in [0.5, 0.6) is 5.75 Å². The van der Waals surface area contributed by atoms with E-state index < -0.39 is 0 Å². The Morgan fingerprint density at radius 1 is 0.884 bits per heavy atom. The third kappa shape index (κ3) is 6.10. The van der Waals surface area contributed by atoms with Gasteiger partial charge in [0.25, 0.3) is 0 Å². The molecule has 1 N–H and O–H groups in total. The monoisotopic (exact) mass is 581 g/mol. The van der Waals surface area contributed by atoms with Gasteiger partial charge in [-0.25, -0.2) is 4.79 Å². The first kappa shape index (κ1) is 28.8. The minimum atomic E-state index is -0.197. The van der Waals surface area contributed by atoms with Gasteiger partial charge in [-0.2, -0.15) is 0 Å². The number of methoxy groups -OCH3 is 2. The van der Waals surface area contributed by atoms with Gasteiger partial charge in [-0.05, 0) is 77.1 Å². The van der Waals surface area contributed by atoms with Crippen LogP contribution in [-0.2, 0) is 33.8 Å². The summed E-state index contributed by atoms with van der Waals surface area (Å²) in [7, 11) is 3.08. The highest BCUT2D eigenvalue weighted by Crippen LogP contribution is 2.47. The summed E-state index contributed by atoms with van der Waals surface area (Å²) < 4.78 is 10.4. The van der Waals surface area contributed by atoms with Crippen LogP contribution in [0.4, 0.5) is 4.79 Å². The lowest BCUT2D eigenvalue weighted by Gasteiger charge is -2.38. The van der Waals surface area contributed by atoms with Crippen LogP contribution in [0, 0.1) is 11.8 Å². The van der Waals surface area contributed by atoms with Crippen molar-refractivity contribution >= 4 is 17.9 Å². The predicted molar refractivity (Wildman–Crippen MR) is 163 cm³/mol. The highest BCUT2D eigenvalue weighted by atomic mass is 16.5. The first-order valence-electron chi connectivity index (χ1n) is 15.2. The molecule has 2 unspecified atom stereocenters. The maximum atomic E-state index is 13.6. The van der Waals surface area contributed by atoms with E-state index in [0.717, 1.165) is 34.4 Å². The number of nitrogens with one attached hydrogen (secondary N) is 1. The average molecular weight is 582 g/mol. The van der Waals surface area contributed by atoms with Crippen LogP contribution in [0.3, 0.4) is 0 Å². The normalized spacial score (nSPS) is 19.8. The molecule has 8 heteroatoms. The summed E-state index contributed by atoms with van der Waals surface area (Å²) >= 11 is 0. The van der Waals surface area contributed by atoms with Crippen LogP contribution in [-0.4, -0.2) is 61.6 Å². The van der Waals surface area contributed by atoms with E-state index in [9.17, 15) is 14.4 Å². The van der Waals surface area contributed by atoms with Crippen LogP contribution < -0.4 is 10.1 Å². The van der Waals surface area contributed by atoms with E-state index in [0.29, 0.717) is 52.0 Å². The summed E-state index contributed by atoms with van der Waals surface area (Å²) in [6.45, 7) is 2.59. The molecule has 1 saturated carbocycles. The molecule has 0 radical (unpaired) electrons. The molecule has 2 atom stereocenters. The van der Waals surface area contributed by atoms with Crippen LogP contribution in [0.1, 0.15) is 47.4 Å². The van der Waals surface area contributed by atoms with Crippen molar-refractivity contribution < 1.29 is 23.9 Å². The summed E-state index contributed by atoms with van der Waals surface area (Å²) in [5.41, 5.74) is 6.75. The van der Waals surface area contributed by atoms with E-state index in [1.54, 1.807) is 7.11 Å². The number of likely N-dealkylation sites (tertiary alicyclic amines) is 1. The number of carbonyl (C=O) groups excluding carboxylic acids is 3. The second-order valence-electron chi connectivity index (χ2n) is 11.8. The molecule has 0 bridgehead atoms. The molecule has 224 valence electrons. The fraction of sp³-hybridized carbons (Fsp3) is 0.400. The Morgan fingerprint density at radius 3 is 2.42 bits per heavy atom.